The van der Waals surface area contributed by atoms with Crippen molar-refractivity contribution in [1.82, 2.24) is 10.6 Å². The van der Waals surface area contributed by atoms with Crippen molar-refractivity contribution in [3.63, 3.8) is 0 Å². The maximum absolute atomic E-state index is 11.3. The molecule has 86 valence electrons. The number of nitrogens with one attached hydrogen (secondary N) is 2. The third-order valence-corrected chi connectivity index (χ3v) is 2.41. The fraction of sp³-hybridized carbons (Fsp3) is 0.778. The molecule has 6 heteroatoms. The molecule has 15 heavy (non-hydrogen) atoms. The van der Waals surface area contributed by atoms with Crippen molar-refractivity contribution in [3.05, 3.63) is 0 Å². The standard InChI is InChI=1S/C9H16N2O4/c12-5-7(9(14)15)11-8(13)4-6-2-1-3-10-6/h6-7,10,12H,1-5H2,(H,11,13)(H,14,15)/t6?,7-/m1/s1. The van der Waals surface area contributed by atoms with Crippen LogP contribution < -0.4 is 10.6 Å². The van der Waals surface area contributed by atoms with Crippen molar-refractivity contribution in [2.75, 3.05) is 13.2 Å². The summed E-state index contributed by atoms with van der Waals surface area (Å²) >= 11 is 0. The lowest BCUT2D eigenvalue weighted by Gasteiger charge is -2.14. The molecule has 2 atom stereocenters. The SMILES string of the molecule is O=C(CC1CCCN1)N[C@H](CO)C(=O)O. The Labute approximate surface area is 87.7 Å². The normalized spacial score (nSPS) is 22.3. The number of aliphatic hydroxyl groups excluding tert-OH is 1. The van der Waals surface area contributed by atoms with Crippen molar-refractivity contribution in [2.24, 2.45) is 0 Å². The van der Waals surface area contributed by atoms with E-state index in [2.05, 4.69) is 10.6 Å². The first-order valence-electron chi connectivity index (χ1n) is 5.00. The van der Waals surface area contributed by atoms with E-state index in [4.69, 9.17) is 10.2 Å². The highest BCUT2D eigenvalue weighted by molar-refractivity contribution is 5.83. The smallest absolute Gasteiger partial charge is 0.328 e. The maximum Gasteiger partial charge on any atom is 0.328 e. The molecular formula is C9H16N2O4. The molecule has 0 bridgehead atoms. The lowest BCUT2D eigenvalue weighted by Crippen LogP contribution is -2.44. The summed E-state index contributed by atoms with van der Waals surface area (Å²) in [5.41, 5.74) is 0. The van der Waals surface area contributed by atoms with Gasteiger partial charge in [0.15, 0.2) is 0 Å². The molecule has 0 aliphatic carbocycles. The van der Waals surface area contributed by atoms with Crippen molar-refractivity contribution < 1.29 is 19.8 Å². The van der Waals surface area contributed by atoms with Gasteiger partial charge in [-0.1, -0.05) is 0 Å². The Hall–Kier alpha value is -1.14. The van der Waals surface area contributed by atoms with E-state index in [9.17, 15) is 9.59 Å². The van der Waals surface area contributed by atoms with Gasteiger partial charge < -0.3 is 20.8 Å². The van der Waals surface area contributed by atoms with E-state index in [0.29, 0.717) is 0 Å². The Morgan fingerprint density at radius 1 is 1.53 bits per heavy atom. The van der Waals surface area contributed by atoms with Crippen LogP contribution in [0, 0.1) is 0 Å². The number of carboxylic acid groups (broad SMARTS) is 1. The summed E-state index contributed by atoms with van der Waals surface area (Å²) in [6, 6.07) is -1.06. The zero-order valence-electron chi connectivity index (χ0n) is 8.40. The van der Waals surface area contributed by atoms with Crippen LogP contribution in [0.1, 0.15) is 19.3 Å². The molecule has 0 radical (unpaired) electrons. The largest absolute Gasteiger partial charge is 0.480 e. The summed E-state index contributed by atoms with van der Waals surface area (Å²) in [5, 5.41) is 22.7. The molecule has 1 unspecified atom stereocenters. The monoisotopic (exact) mass is 216 g/mol. The molecule has 1 rings (SSSR count). The minimum atomic E-state index is -1.22. The average Bonchev–Trinajstić information content (AvgIpc) is 2.66. The van der Waals surface area contributed by atoms with Crippen molar-refractivity contribution in [3.8, 4) is 0 Å². The third kappa shape index (κ3) is 3.85. The van der Waals surface area contributed by atoms with Gasteiger partial charge >= 0.3 is 5.97 Å². The van der Waals surface area contributed by atoms with Gasteiger partial charge in [-0.3, -0.25) is 4.79 Å². The van der Waals surface area contributed by atoms with E-state index in [1.165, 1.54) is 0 Å². The molecule has 0 aromatic heterocycles. The second-order valence-electron chi connectivity index (χ2n) is 3.64. The summed E-state index contributed by atoms with van der Waals surface area (Å²) in [7, 11) is 0. The highest BCUT2D eigenvalue weighted by atomic mass is 16.4. The van der Waals surface area contributed by atoms with Crippen LogP contribution in [-0.4, -0.2) is 47.3 Å². The summed E-state index contributed by atoms with van der Waals surface area (Å²) in [4.78, 5) is 21.9. The first-order valence-corrected chi connectivity index (χ1v) is 5.00. The van der Waals surface area contributed by atoms with Crippen LogP contribution >= 0.6 is 0 Å². The number of amides is 1. The third-order valence-electron chi connectivity index (χ3n) is 2.41. The molecule has 1 heterocycles. The van der Waals surface area contributed by atoms with Crippen molar-refractivity contribution in [1.29, 1.82) is 0 Å². The van der Waals surface area contributed by atoms with E-state index in [-0.39, 0.29) is 18.4 Å². The van der Waals surface area contributed by atoms with Gasteiger partial charge in [-0.05, 0) is 19.4 Å². The highest BCUT2D eigenvalue weighted by Gasteiger charge is 2.22. The average molecular weight is 216 g/mol. The number of hydrogen-bond donors (Lipinski definition) is 4. The zero-order chi connectivity index (χ0) is 11.3. The van der Waals surface area contributed by atoms with Gasteiger partial charge in [0.1, 0.15) is 6.04 Å². The Morgan fingerprint density at radius 3 is 2.73 bits per heavy atom. The van der Waals surface area contributed by atoms with Crippen LogP contribution in [0.15, 0.2) is 0 Å². The molecule has 0 spiro atoms. The van der Waals surface area contributed by atoms with Crippen LogP contribution in [0.4, 0.5) is 0 Å². The van der Waals surface area contributed by atoms with Crippen LogP contribution in [0.5, 0.6) is 0 Å². The molecule has 1 aliphatic rings. The Morgan fingerprint density at radius 2 is 2.27 bits per heavy atom. The topological polar surface area (TPSA) is 98.7 Å². The van der Waals surface area contributed by atoms with E-state index >= 15 is 0 Å². The fourth-order valence-electron chi connectivity index (χ4n) is 1.59. The van der Waals surface area contributed by atoms with E-state index in [1.807, 2.05) is 0 Å². The van der Waals surface area contributed by atoms with Crippen molar-refractivity contribution >= 4 is 11.9 Å². The van der Waals surface area contributed by atoms with Crippen LogP contribution in [0.2, 0.25) is 0 Å². The minimum absolute atomic E-state index is 0.137. The number of aliphatic carboxylic acids is 1. The number of carbonyl (C=O) groups excluding carboxylic acids is 1. The number of carboxylic acids is 1. The number of aliphatic hydroxyl groups is 1. The highest BCUT2D eigenvalue weighted by Crippen LogP contribution is 2.08. The van der Waals surface area contributed by atoms with Crippen LogP contribution in [-0.2, 0) is 9.59 Å². The second kappa shape index (κ2) is 5.67. The lowest BCUT2D eigenvalue weighted by atomic mass is 10.1. The van der Waals surface area contributed by atoms with Gasteiger partial charge in [0.05, 0.1) is 6.61 Å². The Kier molecular flexibility index (Phi) is 4.51. The fourth-order valence-corrected chi connectivity index (χ4v) is 1.59. The molecule has 0 aromatic carbocycles. The predicted molar refractivity (Wildman–Crippen MR) is 52.3 cm³/mol. The summed E-state index contributed by atoms with van der Waals surface area (Å²) < 4.78 is 0. The molecule has 0 aromatic rings. The van der Waals surface area contributed by atoms with Gasteiger partial charge in [-0.25, -0.2) is 4.79 Å². The van der Waals surface area contributed by atoms with E-state index in [1.54, 1.807) is 0 Å². The molecule has 1 aliphatic heterocycles. The van der Waals surface area contributed by atoms with Gasteiger partial charge in [-0.15, -0.1) is 0 Å². The van der Waals surface area contributed by atoms with Crippen molar-refractivity contribution in [2.45, 2.75) is 31.3 Å². The summed E-state index contributed by atoms with van der Waals surface area (Å²) in [5.74, 6) is -1.55. The molecule has 1 saturated heterocycles. The molecule has 0 saturated carbocycles. The quantitative estimate of drug-likeness (QED) is 0.457. The second-order valence-corrected chi connectivity index (χ2v) is 3.64. The minimum Gasteiger partial charge on any atom is -0.480 e. The van der Waals surface area contributed by atoms with E-state index in [0.717, 1.165) is 19.4 Å². The first-order chi connectivity index (χ1) is 7.13. The zero-order valence-corrected chi connectivity index (χ0v) is 8.40. The first kappa shape index (κ1) is 11.9. The van der Waals surface area contributed by atoms with Gasteiger partial charge in [0.25, 0.3) is 0 Å². The summed E-state index contributed by atoms with van der Waals surface area (Å²) in [6.45, 7) is 0.319. The Bertz CT molecular complexity index is 238. The summed E-state index contributed by atoms with van der Waals surface area (Å²) in [6.07, 6.45) is 2.24. The number of rotatable bonds is 5. The molecule has 6 nitrogen and oxygen atoms in total. The number of carbonyl (C=O) groups is 2. The molecular weight excluding hydrogens is 200 g/mol. The maximum atomic E-state index is 11.3. The van der Waals surface area contributed by atoms with Gasteiger partial charge in [-0.2, -0.15) is 0 Å². The van der Waals surface area contributed by atoms with Crippen LogP contribution in [0.25, 0.3) is 0 Å². The lowest BCUT2D eigenvalue weighted by molar-refractivity contribution is -0.143. The Balaban J connectivity index is 2.30. The van der Waals surface area contributed by atoms with Gasteiger partial charge in [0.2, 0.25) is 5.91 Å². The predicted octanol–water partition coefficient (Wildman–Crippen LogP) is -1.31. The van der Waals surface area contributed by atoms with Crippen LogP contribution in [0.3, 0.4) is 0 Å². The molecule has 1 amide bonds. The number of hydrogen-bond acceptors (Lipinski definition) is 4. The van der Waals surface area contributed by atoms with Gasteiger partial charge in [0, 0.05) is 12.5 Å². The molecule has 1 fully saturated rings. The van der Waals surface area contributed by atoms with E-state index < -0.39 is 18.6 Å². The molecule has 4 N–H and O–H groups in total.